The van der Waals surface area contributed by atoms with E-state index in [0.29, 0.717) is 5.92 Å². The van der Waals surface area contributed by atoms with Crippen LogP contribution in [-0.4, -0.2) is 9.36 Å². The van der Waals surface area contributed by atoms with Crippen molar-refractivity contribution in [3.63, 3.8) is 0 Å². The quantitative estimate of drug-likeness (QED) is 0.132. The van der Waals surface area contributed by atoms with Gasteiger partial charge in [0.15, 0.2) is 0 Å². The fraction of sp³-hybridized carbons (Fsp3) is 0.0732. The maximum absolute atomic E-state index is 4.77. The SMILES string of the molecule is CC(C)c1cc[c-]c(-c2nccc3ccccc23)c1.[Ir].[c-]1ccccc1-c1nsc2cc3ccc4cccc5ccc(c12)c3c45. The molecule has 0 amide bonds. The Morgan fingerprint density at radius 2 is 1.33 bits per heavy atom. The summed E-state index contributed by atoms with van der Waals surface area (Å²) in [6, 6.07) is 49.2. The molecule has 2 aromatic heterocycles. The van der Waals surface area contributed by atoms with E-state index < -0.39 is 0 Å². The number of hydrogen-bond donors (Lipinski definition) is 0. The minimum atomic E-state index is 0. The predicted octanol–water partition coefficient (Wildman–Crippen LogP) is 11.5. The second-order valence-electron chi connectivity index (χ2n) is 11.5. The Morgan fingerprint density at radius 3 is 2.16 bits per heavy atom. The van der Waals surface area contributed by atoms with Crippen molar-refractivity contribution >= 4 is 64.7 Å². The third kappa shape index (κ3) is 5.19. The Bertz CT molecular complexity index is 2410. The Labute approximate surface area is 280 Å². The number of fused-ring (bicyclic) bond motifs is 3. The zero-order valence-electron chi connectivity index (χ0n) is 24.8. The van der Waals surface area contributed by atoms with E-state index in [0.717, 1.165) is 22.5 Å². The summed E-state index contributed by atoms with van der Waals surface area (Å²) in [5.74, 6) is 0.517. The van der Waals surface area contributed by atoms with Gasteiger partial charge in [0.05, 0.1) is 0 Å². The molecule has 4 heteroatoms. The van der Waals surface area contributed by atoms with Gasteiger partial charge in [-0.05, 0) is 83.8 Å². The molecule has 1 radical (unpaired) electrons. The van der Waals surface area contributed by atoms with Crippen LogP contribution in [0.2, 0.25) is 0 Å². The molecule has 2 heterocycles. The first kappa shape index (κ1) is 29.3. The van der Waals surface area contributed by atoms with Gasteiger partial charge < -0.3 is 4.98 Å². The van der Waals surface area contributed by atoms with Crippen molar-refractivity contribution in [3.05, 3.63) is 145 Å². The molecule has 0 bridgehead atoms. The fourth-order valence-electron chi connectivity index (χ4n) is 6.28. The molecule has 0 aliphatic rings. The van der Waals surface area contributed by atoms with Crippen molar-refractivity contribution in [2.24, 2.45) is 0 Å². The Morgan fingerprint density at radius 1 is 0.578 bits per heavy atom. The molecule has 45 heavy (non-hydrogen) atoms. The Hall–Kier alpha value is -4.47. The van der Waals surface area contributed by atoms with Crippen molar-refractivity contribution in [2.75, 3.05) is 0 Å². The monoisotopic (exact) mass is 773 g/mol. The zero-order chi connectivity index (χ0) is 29.6. The second kappa shape index (κ2) is 12.1. The maximum Gasteiger partial charge on any atom is 0.0466 e. The summed E-state index contributed by atoms with van der Waals surface area (Å²) in [6.07, 6.45) is 1.87. The van der Waals surface area contributed by atoms with Crippen molar-refractivity contribution in [1.82, 2.24) is 9.36 Å². The number of rotatable bonds is 3. The van der Waals surface area contributed by atoms with E-state index in [2.05, 4.69) is 122 Å². The summed E-state index contributed by atoms with van der Waals surface area (Å²) in [5.41, 5.74) is 5.51. The molecule has 0 unspecified atom stereocenters. The summed E-state index contributed by atoms with van der Waals surface area (Å²) in [5, 5.41) is 11.5. The van der Waals surface area contributed by atoms with Crippen LogP contribution in [0.1, 0.15) is 25.3 Å². The van der Waals surface area contributed by atoms with Gasteiger partial charge in [-0.2, -0.15) is 0 Å². The van der Waals surface area contributed by atoms with Crippen molar-refractivity contribution in [3.8, 4) is 22.5 Å². The zero-order valence-corrected chi connectivity index (χ0v) is 28.0. The van der Waals surface area contributed by atoms with E-state index in [9.17, 15) is 0 Å². The summed E-state index contributed by atoms with van der Waals surface area (Å²) >= 11 is 1.58. The standard InChI is InChI=1S/C23H12NS.C18H16N.Ir/c1-2-5-16(6-3-1)23-22-18-12-11-15-8-4-7-14-9-10-17(21(18)20(14)15)13-19(22)25-24-23;1-13(2)15-7-5-8-16(12-15)18-17-9-4-3-6-14(17)10-11-19-18;/h1-5,7-13H;3-7,9-13H,1-2H3;/q2*-1;. The van der Waals surface area contributed by atoms with Gasteiger partial charge >= 0.3 is 0 Å². The largest absolute Gasteiger partial charge is 0.304 e. The molecule has 9 aromatic rings. The van der Waals surface area contributed by atoms with Gasteiger partial charge in [-0.25, -0.2) is 4.37 Å². The third-order valence-electron chi connectivity index (χ3n) is 8.47. The van der Waals surface area contributed by atoms with Crippen LogP contribution in [0.5, 0.6) is 0 Å². The maximum atomic E-state index is 4.77. The van der Waals surface area contributed by atoms with Gasteiger partial charge in [-0.15, -0.1) is 71.3 Å². The molecule has 0 aliphatic heterocycles. The molecule has 219 valence electrons. The van der Waals surface area contributed by atoms with E-state index in [1.165, 1.54) is 58.7 Å². The normalized spacial score (nSPS) is 11.4. The number of pyridine rings is 1. The topological polar surface area (TPSA) is 25.8 Å². The van der Waals surface area contributed by atoms with E-state index in [4.69, 9.17) is 4.37 Å². The van der Waals surface area contributed by atoms with Crippen LogP contribution in [0.3, 0.4) is 0 Å². The molecule has 2 nitrogen and oxygen atoms in total. The molecule has 9 rings (SSSR count). The van der Waals surface area contributed by atoms with Gasteiger partial charge in [-0.3, -0.25) is 0 Å². The van der Waals surface area contributed by atoms with Gasteiger partial charge in [0, 0.05) is 36.7 Å². The molecule has 0 fully saturated rings. The molecule has 0 N–H and O–H groups in total. The minimum absolute atomic E-state index is 0. The number of nitrogens with zero attached hydrogens (tertiary/aromatic N) is 2. The smallest absolute Gasteiger partial charge is 0.0466 e. The predicted molar refractivity (Wildman–Crippen MR) is 188 cm³/mol. The van der Waals surface area contributed by atoms with E-state index >= 15 is 0 Å². The molecule has 0 saturated carbocycles. The summed E-state index contributed by atoms with van der Waals surface area (Å²) < 4.78 is 6.01. The average molecular weight is 773 g/mol. The van der Waals surface area contributed by atoms with Gasteiger partial charge in [0.25, 0.3) is 0 Å². The molecular weight excluding hydrogens is 745 g/mol. The molecular formula is C41H28IrN2S-2. The van der Waals surface area contributed by atoms with Crippen LogP contribution in [0, 0.1) is 12.1 Å². The van der Waals surface area contributed by atoms with E-state index in [1.807, 2.05) is 36.5 Å². The summed E-state index contributed by atoms with van der Waals surface area (Å²) in [6.45, 7) is 4.41. The van der Waals surface area contributed by atoms with Gasteiger partial charge in [0.1, 0.15) is 0 Å². The van der Waals surface area contributed by atoms with E-state index in [-0.39, 0.29) is 20.1 Å². The number of aromatic nitrogens is 2. The van der Waals surface area contributed by atoms with E-state index in [1.54, 1.807) is 11.5 Å². The van der Waals surface area contributed by atoms with Gasteiger partial charge in [-0.1, -0.05) is 80.6 Å². The summed E-state index contributed by atoms with van der Waals surface area (Å²) in [4.78, 5) is 4.55. The first-order chi connectivity index (χ1) is 21.7. The van der Waals surface area contributed by atoms with Crippen LogP contribution in [0.25, 0.3) is 75.7 Å². The van der Waals surface area contributed by atoms with Crippen LogP contribution >= 0.6 is 11.5 Å². The molecule has 0 atom stereocenters. The third-order valence-corrected chi connectivity index (χ3v) is 9.26. The first-order valence-corrected chi connectivity index (χ1v) is 15.7. The van der Waals surface area contributed by atoms with Crippen LogP contribution in [0.15, 0.2) is 128 Å². The average Bonchev–Trinajstić information content (AvgIpc) is 3.51. The fourth-order valence-corrected chi connectivity index (χ4v) is 7.14. The number of hydrogen-bond acceptors (Lipinski definition) is 3. The molecule has 7 aromatic carbocycles. The van der Waals surface area contributed by atoms with Crippen molar-refractivity contribution in [2.45, 2.75) is 19.8 Å². The molecule has 0 aliphatic carbocycles. The van der Waals surface area contributed by atoms with Crippen LogP contribution in [-0.2, 0) is 20.1 Å². The van der Waals surface area contributed by atoms with Crippen LogP contribution < -0.4 is 0 Å². The minimum Gasteiger partial charge on any atom is -0.304 e. The Balaban J connectivity index is 0.000000147. The number of benzene rings is 7. The second-order valence-corrected chi connectivity index (χ2v) is 12.3. The Kier molecular flexibility index (Phi) is 7.89. The van der Waals surface area contributed by atoms with Crippen molar-refractivity contribution < 1.29 is 20.1 Å². The van der Waals surface area contributed by atoms with Crippen molar-refractivity contribution in [1.29, 1.82) is 0 Å². The molecule has 0 spiro atoms. The summed E-state index contributed by atoms with van der Waals surface area (Å²) in [7, 11) is 0. The molecule has 0 saturated heterocycles. The van der Waals surface area contributed by atoms with Crippen LogP contribution in [0.4, 0.5) is 0 Å². The first-order valence-electron chi connectivity index (χ1n) is 14.9. The van der Waals surface area contributed by atoms with Gasteiger partial charge in [0.2, 0.25) is 0 Å².